The molecule has 0 spiro atoms. The maximum Gasteiger partial charge on any atom is 0.433 e. The second-order valence-corrected chi connectivity index (χ2v) is 6.82. The van der Waals surface area contributed by atoms with Crippen LogP contribution in [0.4, 0.5) is 13.2 Å². The molecule has 9 heteroatoms. The van der Waals surface area contributed by atoms with Gasteiger partial charge in [0.2, 0.25) is 0 Å². The maximum atomic E-state index is 12.3. The summed E-state index contributed by atoms with van der Waals surface area (Å²) in [5.41, 5.74) is 4.75. The predicted molar refractivity (Wildman–Crippen MR) is 71.1 cm³/mol. The van der Waals surface area contributed by atoms with Crippen LogP contribution in [-0.2, 0) is 22.3 Å². The minimum atomic E-state index is -4.46. The van der Waals surface area contributed by atoms with E-state index in [-0.39, 0.29) is 17.3 Å². The summed E-state index contributed by atoms with van der Waals surface area (Å²) in [6, 6.07) is 2.18. The van der Waals surface area contributed by atoms with E-state index in [9.17, 15) is 17.4 Å². The van der Waals surface area contributed by atoms with Crippen LogP contribution < -0.4 is 5.73 Å². The minimum absolute atomic E-state index is 0.150. The van der Waals surface area contributed by atoms with Crippen molar-refractivity contribution in [2.45, 2.75) is 12.6 Å². The minimum Gasteiger partial charge on any atom is -0.374 e. The van der Waals surface area contributed by atoms with Gasteiger partial charge in [-0.3, -0.25) is 4.98 Å². The zero-order chi connectivity index (χ0) is 14.7. The molecule has 0 aromatic carbocycles. The Hall–Kier alpha value is -1.22. The van der Waals surface area contributed by atoms with Crippen molar-refractivity contribution in [2.75, 3.05) is 12.0 Å². The first kappa shape index (κ1) is 15.8. The Balaban J connectivity index is 2.76. The smallest absolute Gasteiger partial charge is 0.374 e. The summed E-state index contributed by atoms with van der Waals surface area (Å²) in [5.74, 6) is 0.150. The molecule has 0 saturated heterocycles. The molecule has 0 aliphatic rings. The summed E-state index contributed by atoms with van der Waals surface area (Å²) < 4.78 is 52.3. The fourth-order valence-electron chi connectivity index (χ4n) is 1.28. The Labute approximate surface area is 114 Å². The van der Waals surface area contributed by atoms with Crippen LogP contribution in [0, 0.1) is 0 Å². The third-order valence-electron chi connectivity index (χ3n) is 2.17. The predicted octanol–water partition coefficient (Wildman–Crippen LogP) is 1.98. The first-order chi connectivity index (χ1) is 8.60. The number of aryl methyl sites for hydroxylation is 1. The Morgan fingerprint density at radius 2 is 2.16 bits per heavy atom. The normalized spacial score (nSPS) is 14.7. The number of nitrogens with two attached hydrogens (primary N) is 1. The Morgan fingerprint density at radius 1 is 1.53 bits per heavy atom. The number of thiocarbonyl (C=S) groups is 1. The number of hydrogen-bond acceptors (Lipinski definition) is 3. The van der Waals surface area contributed by atoms with E-state index in [4.69, 9.17) is 5.73 Å². The highest BCUT2D eigenvalue weighted by Gasteiger charge is 2.31. The lowest BCUT2D eigenvalue weighted by Crippen LogP contribution is -2.13. The van der Waals surface area contributed by atoms with Gasteiger partial charge in [0, 0.05) is 18.2 Å². The van der Waals surface area contributed by atoms with Crippen LogP contribution in [0.5, 0.6) is 0 Å². The largest absolute Gasteiger partial charge is 0.433 e. The van der Waals surface area contributed by atoms with Crippen LogP contribution in [-0.4, -0.2) is 26.3 Å². The average molecular weight is 311 g/mol. The lowest BCUT2D eigenvalue weighted by Gasteiger charge is -2.07. The van der Waals surface area contributed by atoms with Crippen LogP contribution in [0.3, 0.4) is 0 Å². The van der Waals surface area contributed by atoms with E-state index in [0.717, 1.165) is 12.3 Å². The van der Waals surface area contributed by atoms with E-state index >= 15 is 0 Å². The van der Waals surface area contributed by atoms with Crippen molar-refractivity contribution < 1.29 is 17.4 Å². The summed E-state index contributed by atoms with van der Waals surface area (Å²) in [5, 5.41) is -0.196. The summed E-state index contributed by atoms with van der Waals surface area (Å²) in [6.45, 7) is 0. The molecule has 4 nitrogen and oxygen atoms in total. The molecular formula is C10H12F3N3OS2. The van der Waals surface area contributed by atoms with Crippen molar-refractivity contribution in [1.82, 2.24) is 4.98 Å². The first-order valence-electron chi connectivity index (χ1n) is 5.11. The third-order valence-corrected chi connectivity index (χ3v) is 3.92. The van der Waals surface area contributed by atoms with Gasteiger partial charge in [0.1, 0.15) is 5.69 Å². The van der Waals surface area contributed by atoms with E-state index in [1.165, 1.54) is 12.3 Å². The number of halogens is 3. The summed E-state index contributed by atoms with van der Waals surface area (Å²) in [7, 11) is -2.56. The number of hydrogen-bond donors (Lipinski definition) is 1. The number of alkyl halides is 3. The molecule has 0 bridgehead atoms. The lowest BCUT2D eigenvalue weighted by atomic mass is 10.2. The van der Waals surface area contributed by atoms with Crippen molar-refractivity contribution in [3.8, 4) is 0 Å². The Morgan fingerprint density at radius 3 is 2.58 bits per heavy atom. The van der Waals surface area contributed by atoms with Crippen LogP contribution in [0.1, 0.15) is 11.3 Å². The van der Waals surface area contributed by atoms with Crippen molar-refractivity contribution >= 4 is 27.1 Å². The second kappa shape index (κ2) is 5.83. The number of rotatable bonds is 3. The monoisotopic (exact) mass is 311 g/mol. The van der Waals surface area contributed by atoms with Crippen molar-refractivity contribution in [1.29, 1.82) is 0 Å². The van der Waals surface area contributed by atoms with E-state index < -0.39 is 21.6 Å². The zero-order valence-corrected chi connectivity index (χ0v) is 11.6. The molecule has 1 unspecified atom stereocenters. The van der Waals surface area contributed by atoms with Crippen molar-refractivity contribution in [3.63, 3.8) is 0 Å². The van der Waals surface area contributed by atoms with Crippen molar-refractivity contribution in [2.24, 2.45) is 10.1 Å². The second-order valence-electron chi connectivity index (χ2n) is 3.89. The topological polar surface area (TPSA) is 68.3 Å². The maximum absolute atomic E-state index is 12.3. The van der Waals surface area contributed by atoms with Gasteiger partial charge in [0.25, 0.3) is 0 Å². The fourth-order valence-corrected chi connectivity index (χ4v) is 2.84. The molecule has 1 aromatic rings. The van der Waals surface area contributed by atoms with Crippen LogP contribution >= 0.6 is 12.2 Å². The molecule has 1 rings (SSSR count). The third kappa shape index (κ3) is 5.52. The van der Waals surface area contributed by atoms with Gasteiger partial charge < -0.3 is 5.73 Å². The molecule has 0 radical (unpaired) electrons. The van der Waals surface area contributed by atoms with Crippen LogP contribution in [0.2, 0.25) is 0 Å². The molecule has 106 valence electrons. The highest BCUT2D eigenvalue weighted by atomic mass is 32.2. The zero-order valence-electron chi connectivity index (χ0n) is 9.98. The van der Waals surface area contributed by atoms with Crippen LogP contribution in [0.25, 0.3) is 0 Å². The Kier molecular flexibility index (Phi) is 4.86. The standard InChI is InChI=1S/C10H12F3N3OS2/c1-19(17,16-9(14)18)5-4-7-2-3-8(15-6-7)10(11,12)13/h2-3,6H,4-5H2,1H3,(H2,14,18). The SMILES string of the molecule is CS(=O)(CCc1ccc(C(F)(F)F)nc1)=NC(N)=S. The lowest BCUT2D eigenvalue weighted by molar-refractivity contribution is -0.141. The van der Waals surface area contributed by atoms with E-state index in [1.54, 1.807) is 0 Å². The van der Waals surface area contributed by atoms with Gasteiger partial charge in [-0.2, -0.15) is 17.5 Å². The summed E-state index contributed by atoms with van der Waals surface area (Å²) >= 11 is 4.53. The molecule has 1 aromatic heterocycles. The van der Waals surface area contributed by atoms with Gasteiger partial charge in [0.15, 0.2) is 5.11 Å². The summed E-state index contributed by atoms with van der Waals surface area (Å²) in [6.07, 6.45) is -1.67. The molecule has 0 aliphatic heterocycles. The van der Waals surface area contributed by atoms with Crippen molar-refractivity contribution in [3.05, 3.63) is 29.6 Å². The fraction of sp³-hybridized carbons (Fsp3) is 0.400. The van der Waals surface area contributed by atoms with E-state index in [2.05, 4.69) is 21.6 Å². The van der Waals surface area contributed by atoms with Gasteiger partial charge in [0.05, 0.1) is 9.73 Å². The van der Waals surface area contributed by atoms with Gasteiger partial charge >= 0.3 is 6.18 Å². The number of aromatic nitrogens is 1. The van der Waals surface area contributed by atoms with Gasteiger partial charge in [-0.25, -0.2) is 4.21 Å². The Bertz CT molecular complexity index is 575. The molecule has 0 aliphatic carbocycles. The molecule has 1 atom stereocenters. The average Bonchev–Trinajstić information content (AvgIpc) is 2.24. The molecule has 0 saturated carbocycles. The van der Waals surface area contributed by atoms with E-state index in [0.29, 0.717) is 5.56 Å². The van der Waals surface area contributed by atoms with Crippen LogP contribution in [0.15, 0.2) is 22.7 Å². The molecular weight excluding hydrogens is 299 g/mol. The molecule has 0 fully saturated rings. The highest BCUT2D eigenvalue weighted by molar-refractivity contribution is 7.94. The highest BCUT2D eigenvalue weighted by Crippen LogP contribution is 2.27. The molecule has 1 heterocycles. The molecule has 19 heavy (non-hydrogen) atoms. The van der Waals surface area contributed by atoms with Gasteiger partial charge in [-0.05, 0) is 30.3 Å². The number of nitrogens with zero attached hydrogens (tertiary/aromatic N) is 2. The quantitative estimate of drug-likeness (QED) is 0.867. The van der Waals surface area contributed by atoms with E-state index in [1.807, 2.05) is 0 Å². The first-order valence-corrected chi connectivity index (χ1v) is 7.61. The molecule has 0 amide bonds. The van der Waals surface area contributed by atoms with Gasteiger partial charge in [-0.1, -0.05) is 6.07 Å². The summed E-state index contributed by atoms with van der Waals surface area (Å²) in [4.78, 5) is 3.31. The number of pyridine rings is 1. The molecule has 2 N–H and O–H groups in total. The van der Waals surface area contributed by atoms with Gasteiger partial charge in [-0.15, -0.1) is 0 Å².